The molecule has 1 atom stereocenters. The molecule has 0 spiro atoms. The molecule has 1 heterocycles. The molecule has 0 aliphatic carbocycles. The van der Waals surface area contributed by atoms with Gasteiger partial charge in [0.25, 0.3) is 0 Å². The van der Waals surface area contributed by atoms with Gasteiger partial charge in [-0.3, -0.25) is 10.1 Å². The molecule has 7 heteroatoms. The van der Waals surface area contributed by atoms with Gasteiger partial charge in [0, 0.05) is 22.4 Å². The van der Waals surface area contributed by atoms with Crippen LogP contribution in [-0.4, -0.2) is 33.4 Å². The van der Waals surface area contributed by atoms with Crippen molar-refractivity contribution in [2.45, 2.75) is 37.1 Å². The van der Waals surface area contributed by atoms with Crippen LogP contribution in [0, 0.1) is 0 Å². The Bertz CT molecular complexity index is 992. The molecule has 0 aliphatic heterocycles. The van der Waals surface area contributed by atoms with Gasteiger partial charge in [-0.2, -0.15) is 0 Å². The Morgan fingerprint density at radius 2 is 1.54 bits per heavy atom. The van der Waals surface area contributed by atoms with Crippen molar-refractivity contribution in [3.63, 3.8) is 0 Å². The molecule has 0 unspecified atom stereocenters. The monoisotopic (exact) mass is 394 g/mol. The van der Waals surface area contributed by atoms with Gasteiger partial charge in [-0.15, -0.1) is 10.2 Å². The number of rotatable bonds is 5. The molecular formula is C21H22N4O2S. The van der Waals surface area contributed by atoms with Gasteiger partial charge in [0.05, 0.1) is 5.25 Å². The van der Waals surface area contributed by atoms with Gasteiger partial charge in [0.2, 0.25) is 5.91 Å². The number of benzene rings is 2. The lowest BCUT2D eigenvalue weighted by atomic mass is 10.1. The fraction of sp³-hybridized carbons (Fsp3) is 0.238. The molecule has 0 bridgehead atoms. The van der Waals surface area contributed by atoms with E-state index >= 15 is 0 Å². The van der Waals surface area contributed by atoms with Gasteiger partial charge in [0.1, 0.15) is 10.7 Å². The number of fused-ring (bicyclic) bond motifs is 1. The van der Waals surface area contributed by atoms with Crippen LogP contribution in [0.1, 0.15) is 20.8 Å². The molecule has 2 aromatic carbocycles. The Balaban J connectivity index is 1.84. The maximum atomic E-state index is 12.3. The number of imide groups is 1. The average Bonchev–Trinajstić information content (AvgIpc) is 2.68. The third-order valence-corrected chi connectivity index (χ3v) is 5.11. The van der Waals surface area contributed by atoms with E-state index in [1.165, 1.54) is 11.8 Å². The van der Waals surface area contributed by atoms with Crippen LogP contribution in [0.4, 0.5) is 4.79 Å². The predicted molar refractivity (Wildman–Crippen MR) is 112 cm³/mol. The molecule has 0 saturated heterocycles. The normalized spacial score (nSPS) is 12.0. The highest BCUT2D eigenvalue weighted by Gasteiger charge is 2.20. The second-order valence-electron chi connectivity index (χ2n) is 6.64. The Morgan fingerprint density at radius 3 is 2.21 bits per heavy atom. The van der Waals surface area contributed by atoms with Gasteiger partial charge < -0.3 is 5.32 Å². The maximum Gasteiger partial charge on any atom is 0.321 e. The minimum absolute atomic E-state index is 0.0453. The van der Waals surface area contributed by atoms with Crippen molar-refractivity contribution in [3.8, 4) is 11.3 Å². The van der Waals surface area contributed by atoms with E-state index in [2.05, 4.69) is 20.8 Å². The molecule has 1 aromatic heterocycles. The van der Waals surface area contributed by atoms with Gasteiger partial charge in [-0.25, -0.2) is 4.79 Å². The smallest absolute Gasteiger partial charge is 0.321 e. The summed E-state index contributed by atoms with van der Waals surface area (Å²) in [5.74, 6) is -0.374. The first kappa shape index (κ1) is 19.8. The van der Waals surface area contributed by atoms with Gasteiger partial charge in [-0.05, 0) is 20.8 Å². The van der Waals surface area contributed by atoms with Crippen LogP contribution >= 0.6 is 11.8 Å². The summed E-state index contributed by atoms with van der Waals surface area (Å²) < 4.78 is 0. The molecule has 0 saturated carbocycles. The second kappa shape index (κ2) is 8.84. The first-order valence-corrected chi connectivity index (χ1v) is 9.92. The molecule has 28 heavy (non-hydrogen) atoms. The van der Waals surface area contributed by atoms with Gasteiger partial charge >= 0.3 is 6.03 Å². The summed E-state index contributed by atoms with van der Waals surface area (Å²) >= 11 is 1.28. The Hall–Kier alpha value is -2.93. The van der Waals surface area contributed by atoms with Crippen LogP contribution in [0.3, 0.4) is 0 Å². The van der Waals surface area contributed by atoms with Gasteiger partial charge in [-0.1, -0.05) is 66.4 Å². The predicted octanol–water partition coefficient (Wildman–Crippen LogP) is 4.01. The van der Waals surface area contributed by atoms with Crippen LogP contribution in [0.25, 0.3) is 22.0 Å². The van der Waals surface area contributed by atoms with Crippen molar-refractivity contribution in [2.75, 3.05) is 0 Å². The van der Waals surface area contributed by atoms with E-state index in [0.717, 1.165) is 22.0 Å². The molecule has 0 aliphatic rings. The number of hydrogen-bond donors (Lipinski definition) is 2. The molecule has 3 amide bonds. The minimum atomic E-state index is -0.502. The lowest BCUT2D eigenvalue weighted by molar-refractivity contribution is -0.119. The first-order chi connectivity index (χ1) is 13.5. The van der Waals surface area contributed by atoms with Crippen LogP contribution in [0.5, 0.6) is 0 Å². The molecule has 0 fully saturated rings. The number of thioether (sulfide) groups is 1. The number of aromatic nitrogens is 2. The summed E-state index contributed by atoms with van der Waals surface area (Å²) in [4.78, 5) is 24.1. The minimum Gasteiger partial charge on any atom is -0.336 e. The highest BCUT2D eigenvalue weighted by Crippen LogP contribution is 2.33. The van der Waals surface area contributed by atoms with E-state index in [1.807, 2.05) is 68.4 Å². The Kier molecular flexibility index (Phi) is 6.26. The molecule has 6 nitrogen and oxygen atoms in total. The van der Waals surface area contributed by atoms with Crippen LogP contribution in [0.15, 0.2) is 59.6 Å². The summed E-state index contributed by atoms with van der Waals surface area (Å²) in [7, 11) is 0. The highest BCUT2D eigenvalue weighted by atomic mass is 32.2. The maximum absolute atomic E-state index is 12.3. The zero-order valence-corrected chi connectivity index (χ0v) is 16.8. The van der Waals surface area contributed by atoms with Crippen molar-refractivity contribution >= 4 is 34.5 Å². The summed E-state index contributed by atoms with van der Waals surface area (Å²) in [6.45, 7) is 5.40. The highest BCUT2D eigenvalue weighted by molar-refractivity contribution is 8.00. The van der Waals surface area contributed by atoms with Crippen LogP contribution in [0.2, 0.25) is 0 Å². The standard InChI is InChI=1S/C21H22N4O2S/c1-13(2)22-21(27)23-19(26)14(3)28-20-17-12-8-7-11-16(17)18(24-25-20)15-9-5-4-6-10-15/h4-14H,1-3H3,(H2,22,23,26,27)/t14-/m0/s1. The largest absolute Gasteiger partial charge is 0.336 e. The fourth-order valence-electron chi connectivity index (χ4n) is 2.71. The van der Waals surface area contributed by atoms with E-state index in [0.29, 0.717) is 5.03 Å². The third kappa shape index (κ3) is 4.67. The average molecular weight is 395 g/mol. The van der Waals surface area contributed by atoms with E-state index < -0.39 is 11.3 Å². The summed E-state index contributed by atoms with van der Waals surface area (Å²) in [5, 5.41) is 15.8. The fourth-order valence-corrected chi connectivity index (χ4v) is 3.60. The zero-order chi connectivity index (χ0) is 20.1. The number of urea groups is 1. The third-order valence-electron chi connectivity index (χ3n) is 4.01. The van der Waals surface area contributed by atoms with Crippen LogP contribution in [-0.2, 0) is 4.79 Å². The van der Waals surface area contributed by atoms with E-state index in [9.17, 15) is 9.59 Å². The number of hydrogen-bond acceptors (Lipinski definition) is 5. The SMILES string of the molecule is CC(C)NC(=O)NC(=O)[C@H](C)Sc1nnc(-c2ccccc2)c2ccccc12. The quantitative estimate of drug-likeness (QED) is 0.639. The molecule has 3 rings (SSSR count). The second-order valence-corrected chi connectivity index (χ2v) is 7.97. The first-order valence-electron chi connectivity index (χ1n) is 9.04. The molecule has 0 radical (unpaired) electrons. The van der Waals surface area contributed by atoms with Crippen molar-refractivity contribution in [3.05, 3.63) is 54.6 Å². The lowest BCUT2D eigenvalue weighted by Crippen LogP contribution is -2.45. The summed E-state index contributed by atoms with van der Waals surface area (Å²) in [5.41, 5.74) is 1.79. The van der Waals surface area contributed by atoms with E-state index in [1.54, 1.807) is 6.92 Å². The topological polar surface area (TPSA) is 84.0 Å². The number of nitrogens with zero attached hydrogens (tertiary/aromatic N) is 2. The number of carbonyl (C=O) groups is 2. The Labute approximate surface area is 168 Å². The molecule has 2 N–H and O–H groups in total. The summed E-state index contributed by atoms with van der Waals surface area (Å²) in [6, 6.07) is 17.2. The molecular weight excluding hydrogens is 372 g/mol. The van der Waals surface area contributed by atoms with Gasteiger partial charge in [0.15, 0.2) is 0 Å². The van der Waals surface area contributed by atoms with Crippen molar-refractivity contribution in [1.82, 2.24) is 20.8 Å². The van der Waals surface area contributed by atoms with Crippen molar-refractivity contribution in [1.29, 1.82) is 0 Å². The summed E-state index contributed by atoms with van der Waals surface area (Å²) in [6.07, 6.45) is 0. The lowest BCUT2D eigenvalue weighted by Gasteiger charge is -2.14. The van der Waals surface area contributed by atoms with Crippen molar-refractivity contribution in [2.24, 2.45) is 0 Å². The molecule has 3 aromatic rings. The van der Waals surface area contributed by atoms with Crippen LogP contribution < -0.4 is 10.6 Å². The number of amides is 3. The molecule has 144 valence electrons. The van der Waals surface area contributed by atoms with E-state index in [-0.39, 0.29) is 11.9 Å². The zero-order valence-electron chi connectivity index (χ0n) is 16.0. The number of carbonyl (C=O) groups excluding carboxylic acids is 2. The van der Waals surface area contributed by atoms with E-state index in [4.69, 9.17) is 0 Å². The Morgan fingerprint density at radius 1 is 0.893 bits per heavy atom. The number of nitrogens with one attached hydrogen (secondary N) is 2. The van der Waals surface area contributed by atoms with Crippen molar-refractivity contribution < 1.29 is 9.59 Å².